The molecule has 4 nitrogen and oxygen atoms in total. The maximum Gasteiger partial charge on any atom is 0.305 e. The number of methoxy groups -OCH3 is 1. The van der Waals surface area contributed by atoms with E-state index in [4.69, 9.17) is 0 Å². The molecule has 0 radical (unpaired) electrons. The molecule has 0 aromatic carbocycles. The highest BCUT2D eigenvalue weighted by molar-refractivity contribution is 5.78. The zero-order chi connectivity index (χ0) is 13.3. The molecule has 1 N–H and O–H groups in total. The Bertz CT molecular complexity index is 239. The minimum atomic E-state index is -0.164. The van der Waals surface area contributed by atoms with Crippen LogP contribution < -0.4 is 5.32 Å². The van der Waals surface area contributed by atoms with Crippen LogP contribution >= 0.6 is 0 Å². The number of carbonyl (C=O) groups excluding carboxylic acids is 2. The first-order chi connectivity index (χ1) is 7.99. The third-order valence-electron chi connectivity index (χ3n) is 3.00. The summed E-state index contributed by atoms with van der Waals surface area (Å²) in [6.45, 7) is 6.72. The summed E-state index contributed by atoms with van der Waals surface area (Å²) in [5.74, 6) is 0.384. The molecule has 0 aromatic heterocycles. The van der Waals surface area contributed by atoms with Gasteiger partial charge in [-0.3, -0.25) is 9.59 Å². The fraction of sp³-hybridized carbons (Fsp3) is 0.846. The van der Waals surface area contributed by atoms with Crippen molar-refractivity contribution in [3.8, 4) is 0 Å². The van der Waals surface area contributed by atoms with Crippen molar-refractivity contribution in [2.45, 2.75) is 46.5 Å². The third-order valence-corrected chi connectivity index (χ3v) is 3.00. The van der Waals surface area contributed by atoms with Crippen LogP contribution in [0.4, 0.5) is 0 Å². The highest BCUT2D eigenvalue weighted by Crippen LogP contribution is 2.09. The molecule has 1 amide bonds. The third kappa shape index (κ3) is 7.77. The monoisotopic (exact) mass is 243 g/mol. The van der Waals surface area contributed by atoms with Crippen molar-refractivity contribution < 1.29 is 14.3 Å². The summed E-state index contributed by atoms with van der Waals surface area (Å²) in [4.78, 5) is 22.4. The van der Waals surface area contributed by atoms with Gasteiger partial charge in [-0.1, -0.05) is 27.2 Å². The van der Waals surface area contributed by atoms with Gasteiger partial charge in [0.15, 0.2) is 0 Å². The van der Waals surface area contributed by atoms with Crippen LogP contribution in [0.5, 0.6) is 0 Å². The Hall–Kier alpha value is -1.06. The van der Waals surface area contributed by atoms with Gasteiger partial charge in [0.25, 0.3) is 0 Å². The number of hydrogen-bond acceptors (Lipinski definition) is 3. The van der Waals surface area contributed by atoms with E-state index in [0.29, 0.717) is 18.9 Å². The molecule has 0 aromatic rings. The summed E-state index contributed by atoms with van der Waals surface area (Å²) >= 11 is 0. The summed E-state index contributed by atoms with van der Waals surface area (Å²) in [7, 11) is 1.40. The van der Waals surface area contributed by atoms with Crippen LogP contribution in [0.1, 0.15) is 46.5 Å². The molecule has 1 unspecified atom stereocenters. The van der Waals surface area contributed by atoms with Gasteiger partial charge in [0.05, 0.1) is 7.11 Å². The maximum atomic E-state index is 11.6. The first kappa shape index (κ1) is 15.9. The Balaban J connectivity index is 3.46. The second-order valence-electron chi connectivity index (χ2n) is 4.71. The first-order valence-electron chi connectivity index (χ1n) is 6.33. The second kappa shape index (κ2) is 9.02. The van der Waals surface area contributed by atoms with Crippen LogP contribution in [-0.4, -0.2) is 25.5 Å². The van der Waals surface area contributed by atoms with Crippen molar-refractivity contribution in [2.75, 3.05) is 13.7 Å². The molecule has 0 spiro atoms. The van der Waals surface area contributed by atoms with Crippen molar-refractivity contribution >= 4 is 11.9 Å². The molecule has 0 aliphatic rings. The van der Waals surface area contributed by atoms with Gasteiger partial charge in [-0.05, 0) is 18.8 Å². The quantitative estimate of drug-likeness (QED) is 0.525. The van der Waals surface area contributed by atoms with Crippen molar-refractivity contribution in [3.63, 3.8) is 0 Å². The van der Waals surface area contributed by atoms with Gasteiger partial charge in [-0.25, -0.2) is 0 Å². The number of nitrogens with one attached hydrogen (secondary N) is 1. The topological polar surface area (TPSA) is 55.4 Å². The predicted octanol–water partition coefficient (Wildman–Crippen LogP) is 2.13. The SMILES string of the molecule is COC(=O)CCCCCNC(=O)C(C)C(C)C. The van der Waals surface area contributed by atoms with Gasteiger partial charge in [-0.2, -0.15) is 0 Å². The molecular formula is C13H25NO3. The van der Waals surface area contributed by atoms with E-state index in [1.807, 2.05) is 20.8 Å². The van der Waals surface area contributed by atoms with Gasteiger partial charge in [0.1, 0.15) is 0 Å². The van der Waals surface area contributed by atoms with Crippen LogP contribution in [0.2, 0.25) is 0 Å². The van der Waals surface area contributed by atoms with Crippen molar-refractivity contribution in [1.29, 1.82) is 0 Å². The van der Waals surface area contributed by atoms with E-state index in [0.717, 1.165) is 19.3 Å². The van der Waals surface area contributed by atoms with Crippen LogP contribution in [0.25, 0.3) is 0 Å². The summed E-state index contributed by atoms with van der Waals surface area (Å²) < 4.78 is 4.54. The molecule has 1 atom stereocenters. The van der Waals surface area contributed by atoms with Crippen molar-refractivity contribution in [1.82, 2.24) is 5.32 Å². The number of hydrogen-bond donors (Lipinski definition) is 1. The molecule has 0 aliphatic heterocycles. The van der Waals surface area contributed by atoms with E-state index in [-0.39, 0.29) is 17.8 Å². The van der Waals surface area contributed by atoms with Gasteiger partial charge in [-0.15, -0.1) is 0 Å². The molecule has 0 saturated carbocycles. The number of unbranched alkanes of at least 4 members (excludes halogenated alkanes) is 2. The number of carbonyl (C=O) groups is 2. The second-order valence-corrected chi connectivity index (χ2v) is 4.71. The van der Waals surface area contributed by atoms with Gasteiger partial charge in [0.2, 0.25) is 5.91 Å². The minimum Gasteiger partial charge on any atom is -0.469 e. The Labute approximate surface area is 104 Å². The molecule has 0 fully saturated rings. The summed E-state index contributed by atoms with van der Waals surface area (Å²) in [6, 6.07) is 0. The Kier molecular flexibility index (Phi) is 8.46. The van der Waals surface area contributed by atoms with Gasteiger partial charge in [0, 0.05) is 18.9 Å². The highest BCUT2D eigenvalue weighted by atomic mass is 16.5. The van der Waals surface area contributed by atoms with Crippen LogP contribution in [0.15, 0.2) is 0 Å². The molecule has 0 bridgehead atoms. The average molecular weight is 243 g/mol. The average Bonchev–Trinajstić information content (AvgIpc) is 2.31. The molecule has 0 saturated heterocycles. The predicted molar refractivity (Wildman–Crippen MR) is 67.5 cm³/mol. The van der Waals surface area contributed by atoms with Crippen molar-refractivity contribution in [2.24, 2.45) is 11.8 Å². The number of esters is 1. The number of rotatable bonds is 8. The normalized spacial score (nSPS) is 12.3. The van der Waals surface area contributed by atoms with Crippen LogP contribution in [0, 0.1) is 11.8 Å². The lowest BCUT2D eigenvalue weighted by Crippen LogP contribution is -2.32. The molecule has 0 rings (SSSR count). The first-order valence-corrected chi connectivity index (χ1v) is 6.33. The molecular weight excluding hydrogens is 218 g/mol. The van der Waals surface area contributed by atoms with Gasteiger partial charge < -0.3 is 10.1 Å². The van der Waals surface area contributed by atoms with Crippen molar-refractivity contribution in [3.05, 3.63) is 0 Å². The lowest BCUT2D eigenvalue weighted by Gasteiger charge is -2.15. The fourth-order valence-electron chi connectivity index (χ4n) is 1.35. The highest BCUT2D eigenvalue weighted by Gasteiger charge is 2.15. The molecule has 0 heterocycles. The Morgan fingerprint density at radius 2 is 1.76 bits per heavy atom. The molecule has 100 valence electrons. The van der Waals surface area contributed by atoms with Crippen LogP contribution in [-0.2, 0) is 14.3 Å². The zero-order valence-corrected chi connectivity index (χ0v) is 11.4. The number of amides is 1. The maximum absolute atomic E-state index is 11.6. The van der Waals surface area contributed by atoms with Gasteiger partial charge >= 0.3 is 5.97 Å². The zero-order valence-electron chi connectivity index (χ0n) is 11.4. The van der Waals surface area contributed by atoms with E-state index in [1.165, 1.54) is 7.11 Å². The lowest BCUT2D eigenvalue weighted by atomic mass is 9.97. The van der Waals surface area contributed by atoms with Crippen LogP contribution in [0.3, 0.4) is 0 Å². The van der Waals surface area contributed by atoms with E-state index in [9.17, 15) is 9.59 Å². The van der Waals surface area contributed by atoms with E-state index in [1.54, 1.807) is 0 Å². The smallest absolute Gasteiger partial charge is 0.305 e. The molecule has 0 aliphatic carbocycles. The minimum absolute atomic E-state index is 0.0602. The lowest BCUT2D eigenvalue weighted by molar-refractivity contribution is -0.140. The van der Waals surface area contributed by atoms with E-state index < -0.39 is 0 Å². The Morgan fingerprint density at radius 1 is 1.12 bits per heavy atom. The van der Waals surface area contributed by atoms with E-state index >= 15 is 0 Å². The number of ether oxygens (including phenoxy) is 1. The van der Waals surface area contributed by atoms with E-state index in [2.05, 4.69) is 10.1 Å². The Morgan fingerprint density at radius 3 is 2.29 bits per heavy atom. The molecule has 4 heteroatoms. The summed E-state index contributed by atoms with van der Waals surface area (Å²) in [5.41, 5.74) is 0. The fourth-order valence-corrected chi connectivity index (χ4v) is 1.35. The largest absolute Gasteiger partial charge is 0.469 e. The summed E-state index contributed by atoms with van der Waals surface area (Å²) in [6.07, 6.45) is 3.13. The molecule has 17 heavy (non-hydrogen) atoms. The standard InChI is InChI=1S/C13H25NO3/c1-10(2)11(3)13(16)14-9-7-5-6-8-12(15)17-4/h10-11H,5-9H2,1-4H3,(H,14,16). The summed E-state index contributed by atoms with van der Waals surface area (Å²) in [5, 5.41) is 2.91.